The van der Waals surface area contributed by atoms with E-state index >= 15 is 0 Å². The number of phenols is 1. The predicted octanol–water partition coefficient (Wildman–Crippen LogP) is 3.06. The largest absolute Gasteiger partial charge is 0.505 e. The van der Waals surface area contributed by atoms with Crippen LogP contribution in [0.5, 0.6) is 5.75 Å². The third-order valence-electron chi connectivity index (χ3n) is 3.25. The molecule has 0 amide bonds. The molecule has 4 heteroatoms. The van der Waals surface area contributed by atoms with Gasteiger partial charge in [-0.25, -0.2) is 4.39 Å². The molecule has 0 heterocycles. The zero-order valence-corrected chi connectivity index (χ0v) is 10.1. The van der Waals surface area contributed by atoms with Gasteiger partial charge in [-0.2, -0.15) is 0 Å². The molecule has 2 rings (SSSR count). The van der Waals surface area contributed by atoms with E-state index < -0.39 is 5.82 Å². The lowest BCUT2D eigenvalue weighted by Gasteiger charge is -2.31. The Hall–Kier alpha value is -0.800. The average molecular weight is 246 g/mol. The summed E-state index contributed by atoms with van der Waals surface area (Å²) in [5.41, 5.74) is 7.37. The zero-order valence-electron chi connectivity index (χ0n) is 9.24. The van der Waals surface area contributed by atoms with E-state index in [1.165, 1.54) is 12.5 Å². The number of phenolic OH excluding ortho intramolecular Hbond substituents is 1. The first-order valence-electron chi connectivity index (χ1n) is 5.34. The van der Waals surface area contributed by atoms with Crippen LogP contribution in [0.4, 0.5) is 4.39 Å². The van der Waals surface area contributed by atoms with Crippen molar-refractivity contribution in [2.75, 3.05) is 0 Å². The predicted molar refractivity (Wildman–Crippen MR) is 64.3 cm³/mol. The van der Waals surface area contributed by atoms with E-state index in [0.29, 0.717) is 11.5 Å². The van der Waals surface area contributed by atoms with Crippen LogP contribution in [0.15, 0.2) is 12.1 Å². The van der Waals surface area contributed by atoms with E-state index in [0.717, 1.165) is 18.4 Å². The van der Waals surface area contributed by atoms with Gasteiger partial charge >= 0.3 is 0 Å². The van der Waals surface area contributed by atoms with Crippen molar-refractivity contribution in [3.05, 3.63) is 29.1 Å². The monoisotopic (exact) mass is 245 g/mol. The van der Waals surface area contributed by atoms with Crippen molar-refractivity contribution < 1.29 is 9.50 Å². The van der Waals surface area contributed by atoms with Gasteiger partial charge in [-0.1, -0.05) is 12.5 Å². The second-order valence-corrected chi connectivity index (χ2v) is 4.40. The minimum absolute atomic E-state index is 0. The van der Waals surface area contributed by atoms with Crippen LogP contribution in [0.1, 0.15) is 36.4 Å². The number of hydrogen-bond acceptors (Lipinski definition) is 2. The van der Waals surface area contributed by atoms with E-state index in [-0.39, 0.29) is 24.2 Å². The smallest absolute Gasteiger partial charge is 0.165 e. The molecule has 0 aromatic heterocycles. The topological polar surface area (TPSA) is 46.2 Å². The van der Waals surface area contributed by atoms with E-state index in [1.807, 2.05) is 0 Å². The summed E-state index contributed by atoms with van der Waals surface area (Å²) in [5, 5.41) is 9.61. The van der Waals surface area contributed by atoms with Crippen LogP contribution < -0.4 is 5.73 Å². The lowest BCUT2D eigenvalue weighted by Crippen LogP contribution is -2.27. The van der Waals surface area contributed by atoms with Gasteiger partial charge in [0.2, 0.25) is 0 Å². The maximum absolute atomic E-state index is 13.3. The highest BCUT2D eigenvalue weighted by atomic mass is 35.5. The highest BCUT2D eigenvalue weighted by Crippen LogP contribution is 2.39. The molecule has 1 aromatic carbocycles. The van der Waals surface area contributed by atoms with Crippen molar-refractivity contribution in [1.29, 1.82) is 0 Å². The minimum Gasteiger partial charge on any atom is -0.505 e. The Bertz CT molecular complexity index is 380. The third-order valence-corrected chi connectivity index (χ3v) is 3.25. The molecular weight excluding hydrogens is 229 g/mol. The van der Waals surface area contributed by atoms with Gasteiger partial charge in [0.15, 0.2) is 11.6 Å². The number of benzene rings is 1. The molecular formula is C12H17ClFNO. The van der Waals surface area contributed by atoms with Gasteiger partial charge in [0.05, 0.1) is 0 Å². The first-order valence-corrected chi connectivity index (χ1v) is 5.34. The Morgan fingerprint density at radius 2 is 2.06 bits per heavy atom. The van der Waals surface area contributed by atoms with Crippen molar-refractivity contribution in [3.63, 3.8) is 0 Å². The molecule has 1 aromatic rings. The van der Waals surface area contributed by atoms with Gasteiger partial charge in [-0.3, -0.25) is 0 Å². The van der Waals surface area contributed by atoms with Gasteiger partial charge in [0.25, 0.3) is 0 Å². The molecule has 3 N–H and O–H groups in total. The fourth-order valence-electron chi connectivity index (χ4n) is 2.07. The van der Waals surface area contributed by atoms with E-state index in [9.17, 15) is 9.50 Å². The summed E-state index contributed by atoms with van der Waals surface area (Å²) in [6.07, 6.45) is 3.35. The number of aromatic hydroxyl groups is 1. The molecule has 0 spiro atoms. The number of nitrogens with two attached hydrogens (primary N) is 1. The summed E-state index contributed by atoms with van der Waals surface area (Å²) < 4.78 is 13.3. The summed E-state index contributed by atoms with van der Waals surface area (Å²) in [7, 11) is 0. The highest BCUT2D eigenvalue weighted by molar-refractivity contribution is 5.85. The summed E-state index contributed by atoms with van der Waals surface area (Å²) in [5.74, 6) is -0.447. The van der Waals surface area contributed by atoms with Crippen LogP contribution in [-0.2, 0) is 0 Å². The standard InChI is InChI=1S/C12H16FNO.ClH/c1-7-5-9(12(15)10(13)6-7)11(14)8-3-2-4-8;/h5-6,8,11,15H,2-4,14H2,1H3;1H/t11-;/m1./s1. The fraction of sp³-hybridized carbons (Fsp3) is 0.500. The molecule has 90 valence electrons. The quantitative estimate of drug-likeness (QED) is 0.841. The molecule has 0 unspecified atom stereocenters. The van der Waals surface area contributed by atoms with Crippen molar-refractivity contribution >= 4 is 12.4 Å². The molecule has 1 aliphatic carbocycles. The molecule has 1 fully saturated rings. The van der Waals surface area contributed by atoms with Crippen LogP contribution in [-0.4, -0.2) is 5.11 Å². The van der Waals surface area contributed by atoms with Crippen LogP contribution in [0.25, 0.3) is 0 Å². The maximum atomic E-state index is 13.3. The van der Waals surface area contributed by atoms with Crippen molar-refractivity contribution in [3.8, 4) is 5.75 Å². The maximum Gasteiger partial charge on any atom is 0.165 e. The lowest BCUT2D eigenvalue weighted by molar-refractivity contribution is 0.259. The Balaban J connectivity index is 0.00000128. The Morgan fingerprint density at radius 3 is 2.56 bits per heavy atom. The summed E-state index contributed by atoms with van der Waals surface area (Å²) in [6.45, 7) is 1.81. The van der Waals surface area contributed by atoms with Gasteiger partial charge in [-0.15, -0.1) is 12.4 Å². The molecule has 0 bridgehead atoms. The number of rotatable bonds is 2. The molecule has 2 nitrogen and oxygen atoms in total. The summed E-state index contributed by atoms with van der Waals surface area (Å²) in [6, 6.07) is 2.88. The second kappa shape index (κ2) is 5.02. The molecule has 1 saturated carbocycles. The number of aryl methyl sites for hydroxylation is 1. The molecule has 0 aliphatic heterocycles. The van der Waals surface area contributed by atoms with Gasteiger partial charge < -0.3 is 10.8 Å². The van der Waals surface area contributed by atoms with E-state index in [4.69, 9.17) is 5.73 Å². The van der Waals surface area contributed by atoms with Crippen LogP contribution in [0.2, 0.25) is 0 Å². The van der Waals surface area contributed by atoms with Gasteiger partial charge in [0.1, 0.15) is 0 Å². The summed E-state index contributed by atoms with van der Waals surface area (Å²) >= 11 is 0. The molecule has 1 atom stereocenters. The molecule has 16 heavy (non-hydrogen) atoms. The zero-order chi connectivity index (χ0) is 11.0. The number of halogens is 2. The van der Waals surface area contributed by atoms with Crippen LogP contribution in [0, 0.1) is 18.7 Å². The Kier molecular flexibility index (Phi) is 4.16. The number of hydrogen-bond donors (Lipinski definition) is 2. The van der Waals surface area contributed by atoms with Crippen molar-refractivity contribution in [2.24, 2.45) is 11.7 Å². The molecule has 1 aliphatic rings. The van der Waals surface area contributed by atoms with E-state index in [1.54, 1.807) is 13.0 Å². The van der Waals surface area contributed by atoms with Gasteiger partial charge in [-0.05, 0) is 37.3 Å². The van der Waals surface area contributed by atoms with Crippen molar-refractivity contribution in [2.45, 2.75) is 32.2 Å². The molecule has 0 radical (unpaired) electrons. The van der Waals surface area contributed by atoms with Crippen LogP contribution >= 0.6 is 12.4 Å². The fourth-order valence-corrected chi connectivity index (χ4v) is 2.07. The van der Waals surface area contributed by atoms with Crippen molar-refractivity contribution in [1.82, 2.24) is 0 Å². The first-order chi connectivity index (χ1) is 7.09. The summed E-state index contributed by atoms with van der Waals surface area (Å²) in [4.78, 5) is 0. The Morgan fingerprint density at radius 1 is 1.44 bits per heavy atom. The Labute approximate surface area is 101 Å². The van der Waals surface area contributed by atoms with Gasteiger partial charge in [0, 0.05) is 11.6 Å². The minimum atomic E-state index is -0.570. The second-order valence-electron chi connectivity index (χ2n) is 4.40. The van der Waals surface area contributed by atoms with Crippen LogP contribution in [0.3, 0.4) is 0 Å². The average Bonchev–Trinajstić information content (AvgIpc) is 2.08. The SMILES string of the molecule is Cc1cc(F)c(O)c([C@H](N)C2CCC2)c1.Cl. The molecule has 0 saturated heterocycles. The lowest BCUT2D eigenvalue weighted by atomic mass is 9.77. The first kappa shape index (κ1) is 13.3. The third kappa shape index (κ3) is 2.30. The normalized spacial score (nSPS) is 17.4. The highest BCUT2D eigenvalue weighted by Gasteiger charge is 2.28. The van der Waals surface area contributed by atoms with E-state index in [2.05, 4.69) is 0 Å².